The molecule has 0 fully saturated rings. The standard InChI is InChI=1S/C25H24N4O/c1-17-6-3-8-19(14-17)27-24-16-21(12-13-26-24)30-25-22-10-5-11-23(22)28-29(25)20-9-4-7-18(2)15-20/h3-4,6-9,12-16H,5,10-11H2,1-2H3,(H,26,27). The fourth-order valence-electron chi connectivity index (χ4n) is 3.93. The Morgan fingerprint density at radius 3 is 2.60 bits per heavy atom. The van der Waals surface area contributed by atoms with Crippen molar-refractivity contribution in [1.82, 2.24) is 14.8 Å². The molecule has 1 aliphatic rings. The third-order valence-corrected chi connectivity index (χ3v) is 5.34. The summed E-state index contributed by atoms with van der Waals surface area (Å²) in [4.78, 5) is 4.44. The van der Waals surface area contributed by atoms with Gasteiger partial charge in [-0.3, -0.25) is 0 Å². The largest absolute Gasteiger partial charge is 0.438 e. The number of hydrogen-bond donors (Lipinski definition) is 1. The minimum atomic E-state index is 0.739. The number of aryl methyl sites for hydroxylation is 3. The van der Waals surface area contributed by atoms with E-state index in [1.165, 1.54) is 16.7 Å². The van der Waals surface area contributed by atoms with Gasteiger partial charge in [-0.2, -0.15) is 5.10 Å². The average Bonchev–Trinajstić information content (AvgIpc) is 3.31. The van der Waals surface area contributed by atoms with Crippen LogP contribution in [0.5, 0.6) is 11.6 Å². The maximum absolute atomic E-state index is 6.41. The van der Waals surface area contributed by atoms with Crippen LogP contribution < -0.4 is 10.1 Å². The van der Waals surface area contributed by atoms with Gasteiger partial charge in [0.05, 0.1) is 11.4 Å². The van der Waals surface area contributed by atoms with Gasteiger partial charge < -0.3 is 10.1 Å². The Balaban J connectivity index is 1.48. The molecule has 2 aromatic carbocycles. The average molecular weight is 396 g/mol. The van der Waals surface area contributed by atoms with Gasteiger partial charge in [0.2, 0.25) is 5.88 Å². The van der Waals surface area contributed by atoms with E-state index < -0.39 is 0 Å². The van der Waals surface area contributed by atoms with Crippen molar-refractivity contribution in [3.8, 4) is 17.3 Å². The van der Waals surface area contributed by atoms with Crippen molar-refractivity contribution in [2.24, 2.45) is 0 Å². The van der Waals surface area contributed by atoms with Crippen LogP contribution in [0.3, 0.4) is 0 Å². The molecule has 2 heterocycles. The lowest BCUT2D eigenvalue weighted by Gasteiger charge is -2.13. The summed E-state index contributed by atoms with van der Waals surface area (Å²) in [6.45, 7) is 4.17. The summed E-state index contributed by atoms with van der Waals surface area (Å²) in [5.41, 5.74) is 6.77. The molecule has 2 aromatic heterocycles. The van der Waals surface area contributed by atoms with Crippen LogP contribution in [-0.2, 0) is 12.8 Å². The van der Waals surface area contributed by atoms with Crippen LogP contribution in [0, 0.1) is 13.8 Å². The number of hydrogen-bond acceptors (Lipinski definition) is 4. The summed E-state index contributed by atoms with van der Waals surface area (Å²) < 4.78 is 8.34. The number of aromatic nitrogens is 3. The van der Waals surface area contributed by atoms with Crippen LogP contribution >= 0.6 is 0 Å². The Hall–Kier alpha value is -3.60. The molecule has 0 amide bonds. The van der Waals surface area contributed by atoms with E-state index in [2.05, 4.69) is 60.5 Å². The molecule has 5 rings (SSSR count). The van der Waals surface area contributed by atoms with Crippen LogP contribution in [0.1, 0.15) is 28.8 Å². The molecule has 0 radical (unpaired) electrons. The quantitative estimate of drug-likeness (QED) is 0.456. The number of fused-ring (bicyclic) bond motifs is 1. The first-order valence-electron chi connectivity index (χ1n) is 10.3. The zero-order valence-corrected chi connectivity index (χ0v) is 17.2. The maximum atomic E-state index is 6.41. The number of pyridine rings is 1. The van der Waals surface area contributed by atoms with Crippen molar-refractivity contribution in [2.75, 3.05) is 5.32 Å². The molecular formula is C25H24N4O. The summed E-state index contributed by atoms with van der Waals surface area (Å²) in [6.07, 6.45) is 4.89. The fraction of sp³-hybridized carbons (Fsp3) is 0.200. The first-order valence-corrected chi connectivity index (χ1v) is 10.3. The van der Waals surface area contributed by atoms with Crippen LogP contribution in [0.2, 0.25) is 0 Å². The lowest BCUT2D eigenvalue weighted by atomic mass is 10.2. The lowest BCUT2D eigenvalue weighted by Crippen LogP contribution is -2.02. The van der Waals surface area contributed by atoms with E-state index in [0.717, 1.165) is 53.8 Å². The Bertz CT molecular complexity index is 1210. The molecule has 30 heavy (non-hydrogen) atoms. The minimum Gasteiger partial charge on any atom is -0.438 e. The fourth-order valence-corrected chi connectivity index (χ4v) is 3.93. The highest BCUT2D eigenvalue weighted by Crippen LogP contribution is 2.36. The molecule has 0 unspecified atom stereocenters. The van der Waals surface area contributed by atoms with Crippen LogP contribution in [0.25, 0.3) is 5.69 Å². The van der Waals surface area contributed by atoms with Gasteiger partial charge in [0.25, 0.3) is 0 Å². The van der Waals surface area contributed by atoms with Crippen LogP contribution in [0.4, 0.5) is 11.5 Å². The van der Waals surface area contributed by atoms with Gasteiger partial charge in [0, 0.05) is 23.5 Å². The topological polar surface area (TPSA) is 52.0 Å². The SMILES string of the molecule is Cc1cccc(Nc2cc(Oc3c4c(nn3-c3cccc(C)c3)CCC4)ccn2)c1. The van der Waals surface area contributed by atoms with Crippen LogP contribution in [0.15, 0.2) is 66.9 Å². The van der Waals surface area contributed by atoms with Crippen molar-refractivity contribution in [1.29, 1.82) is 0 Å². The second-order valence-electron chi connectivity index (χ2n) is 7.81. The Kier molecular flexibility index (Phi) is 4.71. The summed E-state index contributed by atoms with van der Waals surface area (Å²) in [5.74, 6) is 2.29. The van der Waals surface area contributed by atoms with Crippen LogP contribution in [-0.4, -0.2) is 14.8 Å². The monoisotopic (exact) mass is 396 g/mol. The third kappa shape index (κ3) is 3.66. The Morgan fingerprint density at radius 1 is 0.933 bits per heavy atom. The highest BCUT2D eigenvalue weighted by molar-refractivity contribution is 5.58. The van der Waals surface area contributed by atoms with E-state index in [0.29, 0.717) is 0 Å². The second-order valence-corrected chi connectivity index (χ2v) is 7.81. The van der Waals surface area contributed by atoms with E-state index in [9.17, 15) is 0 Å². The van der Waals surface area contributed by atoms with Gasteiger partial charge in [0.15, 0.2) is 0 Å². The molecule has 0 aliphatic heterocycles. The summed E-state index contributed by atoms with van der Waals surface area (Å²) >= 11 is 0. The third-order valence-electron chi connectivity index (χ3n) is 5.34. The van der Waals surface area contributed by atoms with Gasteiger partial charge in [0.1, 0.15) is 11.6 Å². The number of rotatable bonds is 5. The molecule has 1 N–H and O–H groups in total. The highest BCUT2D eigenvalue weighted by atomic mass is 16.5. The molecule has 0 saturated carbocycles. The Morgan fingerprint density at radius 2 is 1.77 bits per heavy atom. The summed E-state index contributed by atoms with van der Waals surface area (Å²) in [5, 5.41) is 8.22. The Labute approximate surface area is 176 Å². The summed E-state index contributed by atoms with van der Waals surface area (Å²) in [7, 11) is 0. The maximum Gasteiger partial charge on any atom is 0.226 e. The number of ether oxygens (including phenoxy) is 1. The van der Waals surface area contributed by atoms with Crippen molar-refractivity contribution in [2.45, 2.75) is 33.1 Å². The molecule has 0 atom stereocenters. The van der Waals surface area contributed by atoms with Crippen molar-refractivity contribution in [3.63, 3.8) is 0 Å². The predicted molar refractivity (Wildman–Crippen MR) is 119 cm³/mol. The zero-order chi connectivity index (χ0) is 20.5. The van der Waals surface area contributed by atoms with Crippen molar-refractivity contribution < 1.29 is 4.74 Å². The lowest BCUT2D eigenvalue weighted by molar-refractivity contribution is 0.438. The molecule has 0 spiro atoms. The second kappa shape index (κ2) is 7.67. The zero-order valence-electron chi connectivity index (χ0n) is 17.2. The van der Waals surface area contributed by atoms with Gasteiger partial charge >= 0.3 is 0 Å². The van der Waals surface area contributed by atoms with E-state index in [1.807, 2.05) is 28.9 Å². The van der Waals surface area contributed by atoms with Crippen molar-refractivity contribution >= 4 is 11.5 Å². The number of anilines is 2. The smallest absolute Gasteiger partial charge is 0.226 e. The van der Waals surface area contributed by atoms with Gasteiger partial charge in [-0.1, -0.05) is 24.3 Å². The van der Waals surface area contributed by atoms with Gasteiger partial charge in [-0.25, -0.2) is 9.67 Å². The normalized spacial score (nSPS) is 12.6. The van der Waals surface area contributed by atoms with E-state index in [-0.39, 0.29) is 0 Å². The molecule has 1 aliphatic carbocycles. The molecule has 0 bridgehead atoms. The minimum absolute atomic E-state index is 0.739. The molecule has 150 valence electrons. The summed E-state index contributed by atoms with van der Waals surface area (Å²) in [6, 6.07) is 20.4. The van der Waals surface area contributed by atoms with Gasteiger partial charge in [-0.15, -0.1) is 0 Å². The molecular weight excluding hydrogens is 372 g/mol. The number of benzene rings is 2. The highest BCUT2D eigenvalue weighted by Gasteiger charge is 2.25. The molecule has 5 heteroatoms. The molecule has 4 aromatic rings. The molecule has 0 saturated heterocycles. The van der Waals surface area contributed by atoms with Gasteiger partial charge in [-0.05, 0) is 74.6 Å². The first kappa shape index (κ1) is 18.4. The first-order chi connectivity index (χ1) is 14.7. The number of nitrogens with one attached hydrogen (secondary N) is 1. The van der Waals surface area contributed by atoms with E-state index in [1.54, 1.807) is 6.20 Å². The van der Waals surface area contributed by atoms with E-state index in [4.69, 9.17) is 9.84 Å². The van der Waals surface area contributed by atoms with Crippen molar-refractivity contribution in [3.05, 3.63) is 89.2 Å². The molecule has 5 nitrogen and oxygen atoms in total. The van der Waals surface area contributed by atoms with E-state index >= 15 is 0 Å². The number of nitrogens with zero attached hydrogens (tertiary/aromatic N) is 3. The predicted octanol–water partition coefficient (Wildman–Crippen LogP) is 5.91.